The predicted octanol–water partition coefficient (Wildman–Crippen LogP) is 5.72. The predicted molar refractivity (Wildman–Crippen MR) is 97.9 cm³/mol. The topological polar surface area (TPSA) is 12.0 Å². The molecule has 1 nitrogen and oxygen atoms in total. The molecule has 1 atom stereocenters. The highest BCUT2D eigenvalue weighted by atomic mass is 79.9. The summed E-state index contributed by atoms with van der Waals surface area (Å²) in [6.07, 6.45) is 0.995. The van der Waals surface area contributed by atoms with E-state index in [4.69, 9.17) is 0 Å². The molecule has 0 amide bonds. The molecule has 3 heteroatoms. The van der Waals surface area contributed by atoms with E-state index in [2.05, 4.69) is 94.3 Å². The molecule has 0 radical (unpaired) electrons. The van der Waals surface area contributed by atoms with Crippen LogP contribution in [0.3, 0.4) is 0 Å². The van der Waals surface area contributed by atoms with Gasteiger partial charge in [-0.2, -0.15) is 0 Å². The highest BCUT2D eigenvalue weighted by Gasteiger charge is 2.15. The number of aryl methyl sites for hydroxylation is 2. The van der Waals surface area contributed by atoms with Crippen molar-refractivity contribution in [1.29, 1.82) is 0 Å². The maximum absolute atomic E-state index is 3.62. The fourth-order valence-corrected chi connectivity index (χ4v) is 3.52. The molecule has 0 spiro atoms. The smallest absolute Gasteiger partial charge is 0.0363 e. The minimum atomic E-state index is 0.344. The van der Waals surface area contributed by atoms with Gasteiger partial charge in [0.05, 0.1) is 0 Å². The molecular weight excluding hydrogens is 390 g/mol. The van der Waals surface area contributed by atoms with E-state index in [1.807, 2.05) is 0 Å². The number of benzene rings is 2. The molecular formula is C18H21Br2N. The minimum absolute atomic E-state index is 0.344. The van der Waals surface area contributed by atoms with Crippen LogP contribution < -0.4 is 5.32 Å². The summed E-state index contributed by atoms with van der Waals surface area (Å²) in [6, 6.07) is 13.4. The zero-order valence-electron chi connectivity index (χ0n) is 12.7. The summed E-state index contributed by atoms with van der Waals surface area (Å²) in [6.45, 7) is 7.46. The molecule has 0 saturated carbocycles. The van der Waals surface area contributed by atoms with Crippen molar-refractivity contribution in [3.63, 3.8) is 0 Å². The first-order valence-corrected chi connectivity index (χ1v) is 8.84. The third kappa shape index (κ3) is 4.41. The van der Waals surface area contributed by atoms with Crippen molar-refractivity contribution in [3.05, 3.63) is 67.6 Å². The number of nitrogens with one attached hydrogen (secondary N) is 1. The van der Waals surface area contributed by atoms with Crippen molar-refractivity contribution < 1.29 is 0 Å². The third-order valence-corrected chi connectivity index (χ3v) is 5.05. The molecule has 0 heterocycles. The molecule has 0 aliphatic heterocycles. The Morgan fingerprint density at radius 2 is 1.81 bits per heavy atom. The van der Waals surface area contributed by atoms with Crippen molar-refractivity contribution in [1.82, 2.24) is 5.32 Å². The Morgan fingerprint density at radius 1 is 1.05 bits per heavy atom. The number of rotatable bonds is 5. The average molecular weight is 411 g/mol. The van der Waals surface area contributed by atoms with E-state index in [0.29, 0.717) is 6.04 Å². The number of hydrogen-bond donors (Lipinski definition) is 1. The van der Waals surface area contributed by atoms with Crippen LogP contribution in [-0.2, 0) is 6.42 Å². The molecule has 0 fully saturated rings. The molecule has 0 aliphatic rings. The van der Waals surface area contributed by atoms with Gasteiger partial charge in [-0.3, -0.25) is 0 Å². The van der Waals surface area contributed by atoms with Gasteiger partial charge in [0.2, 0.25) is 0 Å². The maximum atomic E-state index is 3.62. The normalized spacial score (nSPS) is 12.4. The summed E-state index contributed by atoms with van der Waals surface area (Å²) in [5, 5.41) is 3.62. The molecule has 21 heavy (non-hydrogen) atoms. The Balaban J connectivity index is 2.33. The Morgan fingerprint density at radius 3 is 2.48 bits per heavy atom. The van der Waals surface area contributed by atoms with Gasteiger partial charge in [0.25, 0.3) is 0 Å². The van der Waals surface area contributed by atoms with Crippen LogP contribution in [0.25, 0.3) is 0 Å². The van der Waals surface area contributed by atoms with Gasteiger partial charge >= 0.3 is 0 Å². The van der Waals surface area contributed by atoms with Crippen LogP contribution in [0.15, 0.2) is 45.3 Å². The molecule has 0 saturated heterocycles. The summed E-state index contributed by atoms with van der Waals surface area (Å²) in [5.74, 6) is 0. The van der Waals surface area contributed by atoms with E-state index in [-0.39, 0.29) is 0 Å². The van der Waals surface area contributed by atoms with Crippen molar-refractivity contribution >= 4 is 31.9 Å². The molecule has 112 valence electrons. The highest BCUT2D eigenvalue weighted by molar-refractivity contribution is 9.10. The van der Waals surface area contributed by atoms with Gasteiger partial charge in [0, 0.05) is 15.0 Å². The largest absolute Gasteiger partial charge is 0.310 e. The molecule has 2 aromatic rings. The molecule has 0 aliphatic carbocycles. The van der Waals surface area contributed by atoms with Crippen molar-refractivity contribution in [3.8, 4) is 0 Å². The minimum Gasteiger partial charge on any atom is -0.310 e. The quantitative estimate of drug-likeness (QED) is 0.664. The first-order valence-electron chi connectivity index (χ1n) is 7.25. The van der Waals surface area contributed by atoms with E-state index in [9.17, 15) is 0 Å². The first-order chi connectivity index (χ1) is 10.0. The number of hydrogen-bond acceptors (Lipinski definition) is 1. The van der Waals surface area contributed by atoms with Gasteiger partial charge < -0.3 is 5.32 Å². The number of halogens is 2. The zero-order valence-corrected chi connectivity index (χ0v) is 15.9. The van der Waals surface area contributed by atoms with Crippen LogP contribution in [-0.4, -0.2) is 6.54 Å². The Labute approximate surface area is 144 Å². The van der Waals surface area contributed by atoms with E-state index in [0.717, 1.165) is 17.4 Å². The van der Waals surface area contributed by atoms with Crippen LogP contribution in [0.5, 0.6) is 0 Å². The van der Waals surface area contributed by atoms with Crippen LogP contribution in [0.2, 0.25) is 0 Å². The van der Waals surface area contributed by atoms with Crippen LogP contribution in [0, 0.1) is 13.8 Å². The van der Waals surface area contributed by atoms with Crippen molar-refractivity contribution in [2.75, 3.05) is 6.54 Å². The third-order valence-electron chi connectivity index (χ3n) is 3.70. The molecule has 0 aromatic heterocycles. The van der Waals surface area contributed by atoms with Crippen LogP contribution >= 0.6 is 31.9 Å². The second-order valence-electron chi connectivity index (χ2n) is 5.40. The standard InChI is InChI=1S/C18H21Br2N/c1-4-21-18(11-14-6-5-7-15(19)10-14)16-8-13(3)17(20)9-12(16)2/h5-10,18,21H,4,11H2,1-3H3. The van der Waals surface area contributed by atoms with E-state index < -0.39 is 0 Å². The van der Waals surface area contributed by atoms with E-state index in [1.54, 1.807) is 0 Å². The van der Waals surface area contributed by atoms with E-state index >= 15 is 0 Å². The molecule has 0 bridgehead atoms. The van der Waals surface area contributed by atoms with Gasteiger partial charge in [-0.15, -0.1) is 0 Å². The number of likely N-dealkylation sites (N-methyl/N-ethyl adjacent to an activating group) is 1. The molecule has 1 N–H and O–H groups in total. The van der Waals surface area contributed by atoms with Gasteiger partial charge in [0.15, 0.2) is 0 Å². The van der Waals surface area contributed by atoms with E-state index in [1.165, 1.54) is 26.7 Å². The SMILES string of the molecule is CCNC(Cc1cccc(Br)c1)c1cc(C)c(Br)cc1C. The summed E-state index contributed by atoms with van der Waals surface area (Å²) in [4.78, 5) is 0. The van der Waals surface area contributed by atoms with Gasteiger partial charge in [-0.1, -0.05) is 57.0 Å². The Kier molecular flexibility index (Phi) is 6.03. The zero-order chi connectivity index (χ0) is 15.4. The average Bonchev–Trinajstić information content (AvgIpc) is 2.42. The van der Waals surface area contributed by atoms with Gasteiger partial charge in [-0.25, -0.2) is 0 Å². The summed E-state index contributed by atoms with van der Waals surface area (Å²) in [5.41, 5.74) is 5.34. The maximum Gasteiger partial charge on any atom is 0.0363 e. The second-order valence-corrected chi connectivity index (χ2v) is 7.17. The molecule has 2 rings (SSSR count). The summed E-state index contributed by atoms with van der Waals surface area (Å²) >= 11 is 7.17. The molecule has 2 aromatic carbocycles. The van der Waals surface area contributed by atoms with Crippen LogP contribution in [0.1, 0.15) is 35.2 Å². The lowest BCUT2D eigenvalue weighted by Crippen LogP contribution is -2.24. The fourth-order valence-electron chi connectivity index (χ4n) is 2.62. The lowest BCUT2D eigenvalue weighted by molar-refractivity contribution is 0.547. The second kappa shape index (κ2) is 7.57. The lowest BCUT2D eigenvalue weighted by Gasteiger charge is -2.22. The first kappa shape index (κ1) is 16.7. The highest BCUT2D eigenvalue weighted by Crippen LogP contribution is 2.28. The lowest BCUT2D eigenvalue weighted by atomic mass is 9.94. The van der Waals surface area contributed by atoms with Crippen molar-refractivity contribution in [2.24, 2.45) is 0 Å². The Bertz CT molecular complexity index is 623. The molecule has 1 unspecified atom stereocenters. The van der Waals surface area contributed by atoms with Gasteiger partial charge in [0.1, 0.15) is 0 Å². The Hall–Kier alpha value is -0.640. The monoisotopic (exact) mass is 409 g/mol. The van der Waals surface area contributed by atoms with Crippen LogP contribution in [0.4, 0.5) is 0 Å². The fraction of sp³-hybridized carbons (Fsp3) is 0.333. The summed E-state index contributed by atoms with van der Waals surface area (Å²) < 4.78 is 2.32. The van der Waals surface area contributed by atoms with Gasteiger partial charge in [-0.05, 0) is 67.3 Å². The summed E-state index contributed by atoms with van der Waals surface area (Å²) in [7, 11) is 0. The van der Waals surface area contributed by atoms with Crippen molar-refractivity contribution in [2.45, 2.75) is 33.2 Å².